The van der Waals surface area contributed by atoms with Crippen LogP contribution >= 0.6 is 23.4 Å². The minimum atomic E-state index is 0.541. The summed E-state index contributed by atoms with van der Waals surface area (Å²) in [5.41, 5.74) is 0.709. The first-order chi connectivity index (χ1) is 7.79. The lowest BCUT2D eigenvalue weighted by atomic mass is 10.2. The summed E-state index contributed by atoms with van der Waals surface area (Å²) in [6, 6.07) is 7.62. The molecule has 0 saturated carbocycles. The first-order valence-corrected chi connectivity index (χ1v) is 6.49. The van der Waals surface area contributed by atoms with E-state index in [1.54, 1.807) is 23.9 Å². The molecule has 1 aliphatic rings. The Morgan fingerprint density at radius 1 is 1.38 bits per heavy atom. The highest BCUT2D eigenvalue weighted by atomic mass is 35.5. The number of benzene rings is 1. The van der Waals surface area contributed by atoms with E-state index in [2.05, 4.69) is 6.07 Å². The molecule has 0 radical (unpaired) electrons. The molecule has 4 heteroatoms. The SMILES string of the molecule is N#Cc1ccc(Cl)cc1SC1CCOCC1. The van der Waals surface area contributed by atoms with Gasteiger partial charge in [0.1, 0.15) is 6.07 Å². The highest BCUT2D eigenvalue weighted by molar-refractivity contribution is 8.00. The van der Waals surface area contributed by atoms with E-state index in [4.69, 9.17) is 21.6 Å². The van der Waals surface area contributed by atoms with Crippen molar-refractivity contribution in [1.29, 1.82) is 5.26 Å². The van der Waals surface area contributed by atoms with Crippen LogP contribution in [0.5, 0.6) is 0 Å². The first-order valence-electron chi connectivity index (χ1n) is 5.23. The van der Waals surface area contributed by atoms with Gasteiger partial charge in [0, 0.05) is 28.4 Å². The maximum absolute atomic E-state index is 9.01. The highest BCUT2D eigenvalue weighted by Crippen LogP contribution is 2.33. The maximum atomic E-state index is 9.01. The molecule has 84 valence electrons. The molecule has 1 aromatic carbocycles. The zero-order valence-electron chi connectivity index (χ0n) is 8.78. The van der Waals surface area contributed by atoms with Gasteiger partial charge in [-0.15, -0.1) is 11.8 Å². The molecule has 0 spiro atoms. The normalized spacial score (nSPS) is 17.0. The lowest BCUT2D eigenvalue weighted by Gasteiger charge is -2.21. The third-order valence-electron chi connectivity index (χ3n) is 2.53. The van der Waals surface area contributed by atoms with Crippen LogP contribution in [0.3, 0.4) is 0 Å². The van der Waals surface area contributed by atoms with Crippen molar-refractivity contribution in [2.24, 2.45) is 0 Å². The van der Waals surface area contributed by atoms with Crippen LogP contribution in [0, 0.1) is 11.3 Å². The predicted octanol–water partition coefficient (Wildman–Crippen LogP) is 3.48. The molecule has 0 aliphatic carbocycles. The van der Waals surface area contributed by atoms with E-state index in [9.17, 15) is 0 Å². The number of thioether (sulfide) groups is 1. The summed E-state index contributed by atoms with van der Waals surface area (Å²) in [6.45, 7) is 1.64. The van der Waals surface area contributed by atoms with Crippen LogP contribution in [0.1, 0.15) is 18.4 Å². The van der Waals surface area contributed by atoms with E-state index in [1.807, 2.05) is 6.07 Å². The second-order valence-corrected chi connectivity index (χ2v) is 5.46. The Kier molecular flexibility index (Phi) is 4.11. The Bertz CT molecular complexity index is 410. The summed E-state index contributed by atoms with van der Waals surface area (Å²) in [5.74, 6) is 0. The van der Waals surface area contributed by atoms with E-state index in [0.29, 0.717) is 15.8 Å². The van der Waals surface area contributed by atoms with Crippen molar-refractivity contribution in [2.45, 2.75) is 23.0 Å². The number of hydrogen-bond acceptors (Lipinski definition) is 3. The fraction of sp³-hybridized carbons (Fsp3) is 0.417. The molecule has 2 rings (SSSR count). The van der Waals surface area contributed by atoms with Crippen molar-refractivity contribution in [3.8, 4) is 6.07 Å². The Labute approximate surface area is 105 Å². The molecule has 16 heavy (non-hydrogen) atoms. The second-order valence-electron chi connectivity index (χ2n) is 3.68. The summed E-state index contributed by atoms with van der Waals surface area (Å²) in [5, 5.41) is 10.2. The molecule has 0 atom stereocenters. The van der Waals surface area contributed by atoms with Crippen molar-refractivity contribution in [1.82, 2.24) is 0 Å². The topological polar surface area (TPSA) is 33.0 Å². The third-order valence-corrected chi connectivity index (χ3v) is 4.16. The molecular formula is C12H12ClNOS. The van der Waals surface area contributed by atoms with Gasteiger partial charge < -0.3 is 4.74 Å². The summed E-state index contributed by atoms with van der Waals surface area (Å²) >= 11 is 7.69. The summed E-state index contributed by atoms with van der Waals surface area (Å²) < 4.78 is 5.31. The highest BCUT2D eigenvalue weighted by Gasteiger charge is 2.16. The first kappa shape index (κ1) is 11.8. The van der Waals surface area contributed by atoms with E-state index in [0.717, 1.165) is 31.0 Å². The van der Waals surface area contributed by atoms with Crippen molar-refractivity contribution in [2.75, 3.05) is 13.2 Å². The van der Waals surface area contributed by atoms with Crippen LogP contribution in [-0.2, 0) is 4.74 Å². The fourth-order valence-corrected chi connectivity index (χ4v) is 3.12. The molecule has 1 saturated heterocycles. The van der Waals surface area contributed by atoms with Gasteiger partial charge in [-0.2, -0.15) is 5.26 Å². The molecule has 0 N–H and O–H groups in total. The minimum absolute atomic E-state index is 0.541. The van der Waals surface area contributed by atoms with Gasteiger partial charge in [0.05, 0.1) is 5.56 Å². The van der Waals surface area contributed by atoms with Crippen LogP contribution in [-0.4, -0.2) is 18.5 Å². The summed E-state index contributed by atoms with van der Waals surface area (Å²) in [4.78, 5) is 0.988. The standard InChI is InChI=1S/C12H12ClNOS/c13-10-2-1-9(8-14)12(7-10)16-11-3-5-15-6-4-11/h1-2,7,11H,3-6H2. The molecule has 1 heterocycles. The number of ether oxygens (including phenoxy) is 1. The van der Waals surface area contributed by atoms with E-state index < -0.39 is 0 Å². The third kappa shape index (κ3) is 2.91. The molecule has 0 unspecified atom stereocenters. The van der Waals surface area contributed by atoms with Gasteiger partial charge in [-0.25, -0.2) is 0 Å². The Balaban J connectivity index is 2.13. The largest absolute Gasteiger partial charge is 0.381 e. The molecule has 1 aliphatic heterocycles. The molecule has 0 amide bonds. The summed E-state index contributed by atoms with van der Waals surface area (Å²) in [6.07, 6.45) is 2.09. The Morgan fingerprint density at radius 2 is 2.12 bits per heavy atom. The molecular weight excluding hydrogens is 242 g/mol. The fourth-order valence-electron chi connectivity index (χ4n) is 1.66. The van der Waals surface area contributed by atoms with Crippen LogP contribution in [0.25, 0.3) is 0 Å². The lowest BCUT2D eigenvalue weighted by Crippen LogP contribution is -2.17. The smallest absolute Gasteiger partial charge is 0.100 e. The van der Waals surface area contributed by atoms with Gasteiger partial charge in [-0.05, 0) is 31.0 Å². The molecule has 0 bridgehead atoms. The van der Waals surface area contributed by atoms with Crippen LogP contribution in [0.4, 0.5) is 0 Å². The summed E-state index contributed by atoms with van der Waals surface area (Å²) in [7, 11) is 0. The number of hydrogen-bond donors (Lipinski definition) is 0. The minimum Gasteiger partial charge on any atom is -0.381 e. The van der Waals surface area contributed by atoms with Gasteiger partial charge >= 0.3 is 0 Å². The van der Waals surface area contributed by atoms with Crippen molar-refractivity contribution < 1.29 is 4.74 Å². The average Bonchev–Trinajstić information content (AvgIpc) is 2.31. The van der Waals surface area contributed by atoms with Gasteiger partial charge in [0.2, 0.25) is 0 Å². The van der Waals surface area contributed by atoms with Gasteiger partial charge in [0.15, 0.2) is 0 Å². The van der Waals surface area contributed by atoms with E-state index in [-0.39, 0.29) is 0 Å². The van der Waals surface area contributed by atoms with E-state index in [1.165, 1.54) is 0 Å². The van der Waals surface area contributed by atoms with Crippen molar-refractivity contribution >= 4 is 23.4 Å². The van der Waals surface area contributed by atoms with Gasteiger partial charge in [0.25, 0.3) is 0 Å². The van der Waals surface area contributed by atoms with E-state index >= 15 is 0 Å². The zero-order chi connectivity index (χ0) is 11.4. The Hall–Kier alpha value is -0.690. The van der Waals surface area contributed by atoms with Crippen molar-refractivity contribution in [3.63, 3.8) is 0 Å². The maximum Gasteiger partial charge on any atom is 0.100 e. The quantitative estimate of drug-likeness (QED) is 0.809. The number of nitriles is 1. The zero-order valence-corrected chi connectivity index (χ0v) is 10.4. The van der Waals surface area contributed by atoms with Crippen LogP contribution in [0.15, 0.2) is 23.1 Å². The van der Waals surface area contributed by atoms with Gasteiger partial charge in [-0.3, -0.25) is 0 Å². The molecule has 1 fully saturated rings. The molecule has 0 aromatic heterocycles. The molecule has 1 aromatic rings. The number of rotatable bonds is 2. The van der Waals surface area contributed by atoms with Crippen molar-refractivity contribution in [3.05, 3.63) is 28.8 Å². The number of nitrogens with zero attached hydrogens (tertiary/aromatic N) is 1. The van der Waals surface area contributed by atoms with Crippen LogP contribution in [0.2, 0.25) is 5.02 Å². The molecule has 2 nitrogen and oxygen atoms in total. The number of halogens is 1. The van der Waals surface area contributed by atoms with Crippen LogP contribution < -0.4 is 0 Å². The average molecular weight is 254 g/mol. The monoisotopic (exact) mass is 253 g/mol. The predicted molar refractivity (Wildman–Crippen MR) is 65.9 cm³/mol. The lowest BCUT2D eigenvalue weighted by molar-refractivity contribution is 0.100. The van der Waals surface area contributed by atoms with Gasteiger partial charge in [-0.1, -0.05) is 11.6 Å². The second kappa shape index (κ2) is 5.58. The Morgan fingerprint density at radius 3 is 2.81 bits per heavy atom.